The van der Waals surface area contributed by atoms with Gasteiger partial charge < -0.3 is 0 Å². The van der Waals surface area contributed by atoms with Crippen molar-refractivity contribution in [2.75, 3.05) is 0 Å². The molecule has 0 amide bonds. The van der Waals surface area contributed by atoms with Gasteiger partial charge in [0.1, 0.15) is 5.69 Å². The SMILES string of the molecule is O=C(c1nc2ccccc2c2ccccc12)n1c2ccccc2c2ccccc21. The van der Waals surface area contributed by atoms with Crippen molar-refractivity contribution in [3.8, 4) is 0 Å². The summed E-state index contributed by atoms with van der Waals surface area (Å²) in [6.07, 6.45) is 0. The van der Waals surface area contributed by atoms with Crippen LogP contribution in [0.15, 0.2) is 97.1 Å². The monoisotopic (exact) mass is 372 g/mol. The predicted molar refractivity (Wildman–Crippen MR) is 118 cm³/mol. The van der Waals surface area contributed by atoms with Crippen LogP contribution >= 0.6 is 0 Å². The molecule has 6 aromatic rings. The maximum Gasteiger partial charge on any atom is 0.282 e. The largest absolute Gasteiger partial charge is 0.282 e. The van der Waals surface area contributed by atoms with Gasteiger partial charge in [0.05, 0.1) is 16.6 Å². The molecule has 0 aliphatic rings. The van der Waals surface area contributed by atoms with Gasteiger partial charge in [0.2, 0.25) is 0 Å². The lowest BCUT2D eigenvalue weighted by Gasteiger charge is -2.11. The Balaban J connectivity index is 1.73. The molecule has 4 aromatic carbocycles. The summed E-state index contributed by atoms with van der Waals surface area (Å²) in [6.45, 7) is 0. The molecule has 0 aliphatic carbocycles. The number of rotatable bonds is 1. The Kier molecular flexibility index (Phi) is 3.32. The Labute approximate surface area is 166 Å². The van der Waals surface area contributed by atoms with E-state index in [-0.39, 0.29) is 5.91 Å². The second-order valence-electron chi connectivity index (χ2n) is 7.20. The topological polar surface area (TPSA) is 34.9 Å². The first-order valence-electron chi connectivity index (χ1n) is 9.63. The fraction of sp³-hybridized carbons (Fsp3) is 0. The maximum absolute atomic E-state index is 13.9. The van der Waals surface area contributed by atoms with E-state index >= 15 is 0 Å². The molecule has 6 rings (SSSR count). The van der Waals surface area contributed by atoms with Crippen LogP contribution < -0.4 is 0 Å². The summed E-state index contributed by atoms with van der Waals surface area (Å²) in [5.74, 6) is -0.107. The summed E-state index contributed by atoms with van der Waals surface area (Å²) in [6, 6.07) is 32.1. The minimum absolute atomic E-state index is 0.107. The van der Waals surface area contributed by atoms with Crippen LogP contribution in [0, 0.1) is 0 Å². The van der Waals surface area contributed by atoms with Gasteiger partial charge in [0.15, 0.2) is 0 Å². The van der Waals surface area contributed by atoms with Gasteiger partial charge >= 0.3 is 0 Å². The molecule has 0 aliphatic heterocycles. The Morgan fingerprint density at radius 2 is 1.03 bits per heavy atom. The van der Waals surface area contributed by atoms with E-state index in [0.29, 0.717) is 5.69 Å². The second kappa shape index (κ2) is 6.01. The van der Waals surface area contributed by atoms with Gasteiger partial charge in [-0.1, -0.05) is 78.9 Å². The average Bonchev–Trinajstić information content (AvgIpc) is 3.12. The number of pyridine rings is 1. The molecule has 0 radical (unpaired) electrons. The van der Waals surface area contributed by atoms with Crippen LogP contribution in [0.2, 0.25) is 0 Å². The summed E-state index contributed by atoms with van der Waals surface area (Å²) in [4.78, 5) is 18.7. The minimum atomic E-state index is -0.107. The molecule has 0 fully saturated rings. The zero-order valence-electron chi connectivity index (χ0n) is 15.5. The highest BCUT2D eigenvalue weighted by atomic mass is 16.2. The summed E-state index contributed by atoms with van der Waals surface area (Å²) in [5.41, 5.74) is 3.11. The molecular formula is C26H16N2O. The zero-order chi connectivity index (χ0) is 19.4. The highest BCUT2D eigenvalue weighted by molar-refractivity contribution is 6.20. The van der Waals surface area contributed by atoms with E-state index in [0.717, 1.165) is 43.5 Å². The lowest BCUT2D eigenvalue weighted by atomic mass is 10.0. The zero-order valence-corrected chi connectivity index (χ0v) is 15.5. The van der Waals surface area contributed by atoms with Crippen LogP contribution in [0.3, 0.4) is 0 Å². The van der Waals surface area contributed by atoms with E-state index in [4.69, 9.17) is 4.98 Å². The molecule has 3 nitrogen and oxygen atoms in total. The number of fused-ring (bicyclic) bond motifs is 6. The fourth-order valence-electron chi connectivity index (χ4n) is 4.31. The molecule has 0 N–H and O–H groups in total. The van der Waals surface area contributed by atoms with Crippen molar-refractivity contribution in [2.45, 2.75) is 0 Å². The van der Waals surface area contributed by atoms with Crippen molar-refractivity contribution < 1.29 is 4.79 Å². The molecule has 3 heteroatoms. The molecule has 29 heavy (non-hydrogen) atoms. The Bertz CT molecular complexity index is 1520. The van der Waals surface area contributed by atoms with Crippen molar-refractivity contribution in [3.05, 3.63) is 103 Å². The first kappa shape index (κ1) is 16.0. The number of aromatic nitrogens is 2. The van der Waals surface area contributed by atoms with Gasteiger partial charge in [-0.3, -0.25) is 9.36 Å². The van der Waals surface area contributed by atoms with Crippen LogP contribution in [0.4, 0.5) is 0 Å². The van der Waals surface area contributed by atoms with E-state index in [1.807, 2.05) is 72.8 Å². The standard InChI is InChI=1S/C26H16N2O/c29-26(28-23-15-7-4-11-19(23)20-12-5-8-16-24(20)28)25-21-13-2-1-9-17(21)18-10-3-6-14-22(18)27-25/h1-16H. The summed E-state index contributed by atoms with van der Waals surface area (Å²) >= 11 is 0. The van der Waals surface area contributed by atoms with Crippen LogP contribution in [0.1, 0.15) is 10.5 Å². The molecule has 136 valence electrons. The lowest BCUT2D eigenvalue weighted by Crippen LogP contribution is -2.14. The van der Waals surface area contributed by atoms with Crippen LogP contribution in [0.25, 0.3) is 43.5 Å². The number of nitrogens with zero attached hydrogens (tertiary/aromatic N) is 2. The van der Waals surface area contributed by atoms with Crippen LogP contribution in [-0.4, -0.2) is 15.5 Å². The Morgan fingerprint density at radius 1 is 0.552 bits per heavy atom. The van der Waals surface area contributed by atoms with Crippen molar-refractivity contribution in [3.63, 3.8) is 0 Å². The molecule has 0 bridgehead atoms. The molecule has 0 atom stereocenters. The molecular weight excluding hydrogens is 356 g/mol. The summed E-state index contributed by atoms with van der Waals surface area (Å²) in [7, 11) is 0. The number of carbonyl (C=O) groups excluding carboxylic acids is 1. The number of carbonyl (C=O) groups is 1. The quantitative estimate of drug-likeness (QED) is 0.323. The third kappa shape index (κ3) is 2.25. The molecule has 0 saturated carbocycles. The van der Waals surface area contributed by atoms with E-state index in [9.17, 15) is 4.79 Å². The smallest absolute Gasteiger partial charge is 0.274 e. The van der Waals surface area contributed by atoms with Gasteiger partial charge in [-0.25, -0.2) is 4.98 Å². The molecule has 2 heterocycles. The third-order valence-corrected chi connectivity index (χ3v) is 5.59. The highest BCUT2D eigenvalue weighted by Gasteiger charge is 2.21. The van der Waals surface area contributed by atoms with Crippen molar-refractivity contribution in [1.82, 2.24) is 9.55 Å². The van der Waals surface area contributed by atoms with Crippen LogP contribution in [0.5, 0.6) is 0 Å². The number of para-hydroxylation sites is 3. The summed E-state index contributed by atoms with van der Waals surface area (Å²) in [5, 5.41) is 5.12. The number of benzene rings is 4. The molecule has 0 unspecified atom stereocenters. The second-order valence-corrected chi connectivity index (χ2v) is 7.20. The lowest BCUT2D eigenvalue weighted by molar-refractivity contribution is 0.0966. The van der Waals surface area contributed by atoms with E-state index < -0.39 is 0 Å². The molecule has 2 aromatic heterocycles. The van der Waals surface area contributed by atoms with Gasteiger partial charge in [0, 0.05) is 21.5 Å². The summed E-state index contributed by atoms with van der Waals surface area (Å²) < 4.78 is 1.80. The molecule has 0 saturated heterocycles. The van der Waals surface area contributed by atoms with Gasteiger partial charge in [-0.2, -0.15) is 0 Å². The first-order valence-corrected chi connectivity index (χ1v) is 9.63. The van der Waals surface area contributed by atoms with Gasteiger partial charge in [-0.05, 0) is 23.6 Å². The Hall–Kier alpha value is -3.98. The van der Waals surface area contributed by atoms with Gasteiger partial charge in [-0.15, -0.1) is 0 Å². The Morgan fingerprint density at radius 3 is 1.69 bits per heavy atom. The highest BCUT2D eigenvalue weighted by Crippen LogP contribution is 2.32. The minimum Gasteiger partial charge on any atom is -0.274 e. The molecule has 0 spiro atoms. The van der Waals surface area contributed by atoms with Crippen molar-refractivity contribution in [1.29, 1.82) is 0 Å². The normalized spacial score (nSPS) is 11.6. The predicted octanol–water partition coefficient (Wildman–Crippen LogP) is 6.18. The van der Waals surface area contributed by atoms with Crippen molar-refractivity contribution in [2.24, 2.45) is 0 Å². The van der Waals surface area contributed by atoms with E-state index in [1.54, 1.807) is 4.57 Å². The number of hydrogen-bond donors (Lipinski definition) is 0. The van der Waals surface area contributed by atoms with Crippen molar-refractivity contribution >= 4 is 49.4 Å². The van der Waals surface area contributed by atoms with Crippen LogP contribution in [-0.2, 0) is 0 Å². The van der Waals surface area contributed by atoms with E-state index in [1.165, 1.54) is 0 Å². The fourth-order valence-corrected chi connectivity index (χ4v) is 4.31. The number of hydrogen-bond acceptors (Lipinski definition) is 2. The maximum atomic E-state index is 13.9. The van der Waals surface area contributed by atoms with E-state index in [2.05, 4.69) is 24.3 Å². The average molecular weight is 372 g/mol. The third-order valence-electron chi connectivity index (χ3n) is 5.59. The first-order chi connectivity index (χ1) is 14.3. The van der Waals surface area contributed by atoms with Gasteiger partial charge in [0.25, 0.3) is 5.91 Å².